The number of rotatable bonds is 2. The molecule has 0 aliphatic heterocycles. The van der Waals surface area contributed by atoms with Gasteiger partial charge >= 0.3 is 0 Å². The van der Waals surface area contributed by atoms with Gasteiger partial charge < -0.3 is 5.32 Å². The molecule has 5 heteroatoms. The zero-order valence-corrected chi connectivity index (χ0v) is 7.66. The molecule has 2 atom stereocenters. The lowest BCUT2D eigenvalue weighted by atomic mass is 10.3. The van der Waals surface area contributed by atoms with Crippen LogP contribution in [0.2, 0.25) is 0 Å². The summed E-state index contributed by atoms with van der Waals surface area (Å²) >= 11 is 0. The van der Waals surface area contributed by atoms with Crippen molar-refractivity contribution in [3.8, 4) is 0 Å². The van der Waals surface area contributed by atoms with Crippen LogP contribution in [0, 0.1) is 12.8 Å². The van der Waals surface area contributed by atoms with E-state index in [2.05, 4.69) is 27.7 Å². The molecule has 1 fully saturated rings. The molecule has 1 aliphatic rings. The molecule has 70 valence electrons. The number of carbonyl (C=O) groups is 1. The van der Waals surface area contributed by atoms with Crippen LogP contribution < -0.4 is 5.32 Å². The Kier molecular flexibility index (Phi) is 1.79. The van der Waals surface area contributed by atoms with Crippen LogP contribution in [-0.4, -0.2) is 27.4 Å². The Balaban J connectivity index is 2.01. The van der Waals surface area contributed by atoms with Crippen molar-refractivity contribution >= 4 is 5.91 Å². The third-order valence-electron chi connectivity index (χ3n) is 2.36. The topological polar surface area (TPSA) is 70.7 Å². The number of hydrogen-bond donors (Lipinski definition) is 2. The monoisotopic (exact) mass is 180 g/mol. The Labute approximate surface area is 75.9 Å². The number of aromatic nitrogens is 3. The summed E-state index contributed by atoms with van der Waals surface area (Å²) in [6.07, 6.45) is 1.07. The van der Waals surface area contributed by atoms with Crippen molar-refractivity contribution in [3.63, 3.8) is 0 Å². The van der Waals surface area contributed by atoms with Crippen molar-refractivity contribution in [2.45, 2.75) is 26.3 Å². The van der Waals surface area contributed by atoms with E-state index < -0.39 is 0 Å². The number of hydrogen-bond acceptors (Lipinski definition) is 3. The van der Waals surface area contributed by atoms with E-state index in [0.717, 1.165) is 6.42 Å². The first-order chi connectivity index (χ1) is 6.18. The van der Waals surface area contributed by atoms with Gasteiger partial charge in [-0.2, -0.15) is 15.4 Å². The summed E-state index contributed by atoms with van der Waals surface area (Å²) in [7, 11) is 0. The number of carbonyl (C=O) groups excluding carboxylic acids is 1. The van der Waals surface area contributed by atoms with Gasteiger partial charge in [0.1, 0.15) is 0 Å². The highest BCUT2D eigenvalue weighted by Crippen LogP contribution is 2.29. The molecule has 2 rings (SSSR count). The molecule has 0 bridgehead atoms. The highest BCUT2D eigenvalue weighted by Gasteiger charge is 2.34. The highest BCUT2D eigenvalue weighted by molar-refractivity contribution is 5.93. The van der Waals surface area contributed by atoms with Crippen molar-refractivity contribution in [1.82, 2.24) is 20.7 Å². The number of nitrogens with zero attached hydrogens (tertiary/aromatic N) is 2. The Bertz CT molecular complexity index is 333. The van der Waals surface area contributed by atoms with Gasteiger partial charge in [0, 0.05) is 6.04 Å². The molecule has 1 saturated carbocycles. The van der Waals surface area contributed by atoms with Crippen LogP contribution in [0.15, 0.2) is 0 Å². The number of nitrogens with one attached hydrogen (secondary N) is 2. The highest BCUT2D eigenvalue weighted by atomic mass is 16.2. The second kappa shape index (κ2) is 2.83. The molecule has 0 radical (unpaired) electrons. The van der Waals surface area contributed by atoms with E-state index in [-0.39, 0.29) is 5.91 Å². The van der Waals surface area contributed by atoms with E-state index in [1.165, 1.54) is 0 Å². The number of amides is 1. The van der Waals surface area contributed by atoms with Gasteiger partial charge in [-0.25, -0.2) is 0 Å². The molecule has 0 saturated heterocycles. The van der Waals surface area contributed by atoms with E-state index in [9.17, 15) is 4.79 Å². The second-order valence-corrected chi connectivity index (χ2v) is 3.55. The molecule has 2 unspecified atom stereocenters. The predicted octanol–water partition coefficient (Wildman–Crippen LogP) is 0.251. The fraction of sp³-hybridized carbons (Fsp3) is 0.625. The molecule has 0 aromatic carbocycles. The fourth-order valence-corrected chi connectivity index (χ4v) is 1.26. The van der Waals surface area contributed by atoms with Gasteiger partial charge in [-0.3, -0.25) is 4.79 Å². The molecule has 1 aromatic heterocycles. The van der Waals surface area contributed by atoms with Crippen LogP contribution in [0.5, 0.6) is 0 Å². The Morgan fingerprint density at radius 2 is 2.31 bits per heavy atom. The zero-order chi connectivity index (χ0) is 9.42. The lowest BCUT2D eigenvalue weighted by Gasteiger charge is -1.99. The average molecular weight is 180 g/mol. The van der Waals surface area contributed by atoms with E-state index in [4.69, 9.17) is 0 Å². The largest absolute Gasteiger partial charge is 0.348 e. The fourth-order valence-electron chi connectivity index (χ4n) is 1.26. The van der Waals surface area contributed by atoms with Crippen molar-refractivity contribution < 1.29 is 4.79 Å². The molecule has 2 N–H and O–H groups in total. The molecule has 1 heterocycles. The van der Waals surface area contributed by atoms with Crippen LogP contribution in [0.25, 0.3) is 0 Å². The third kappa shape index (κ3) is 1.54. The van der Waals surface area contributed by atoms with Crippen LogP contribution in [-0.2, 0) is 0 Å². The van der Waals surface area contributed by atoms with Crippen LogP contribution in [0.1, 0.15) is 29.5 Å². The van der Waals surface area contributed by atoms with E-state index in [1.807, 2.05) is 0 Å². The quantitative estimate of drug-likeness (QED) is 0.685. The molecular formula is C8H12N4O. The summed E-state index contributed by atoms with van der Waals surface area (Å²) in [6, 6.07) is 0.337. The molecule has 1 amide bonds. The summed E-state index contributed by atoms with van der Waals surface area (Å²) in [5.74, 6) is 0.483. The molecule has 0 spiro atoms. The van der Waals surface area contributed by atoms with Gasteiger partial charge in [0.05, 0.1) is 5.69 Å². The molecule has 1 aliphatic carbocycles. The number of aromatic amines is 1. The van der Waals surface area contributed by atoms with Crippen molar-refractivity contribution in [2.24, 2.45) is 5.92 Å². The SMILES string of the molecule is Cc1n[nH]nc1C(=O)NC1CC1C. The maximum absolute atomic E-state index is 11.5. The van der Waals surface area contributed by atoms with E-state index in [0.29, 0.717) is 23.3 Å². The van der Waals surface area contributed by atoms with E-state index in [1.54, 1.807) is 6.92 Å². The first-order valence-corrected chi connectivity index (χ1v) is 4.36. The summed E-state index contributed by atoms with van der Waals surface area (Å²) in [4.78, 5) is 11.5. The van der Waals surface area contributed by atoms with Gasteiger partial charge in [-0.15, -0.1) is 0 Å². The lowest BCUT2D eigenvalue weighted by molar-refractivity contribution is 0.0943. The summed E-state index contributed by atoms with van der Waals surface area (Å²) in [6.45, 7) is 3.87. The summed E-state index contributed by atoms with van der Waals surface area (Å²) in [5, 5.41) is 12.9. The maximum atomic E-state index is 11.5. The number of H-pyrrole nitrogens is 1. The predicted molar refractivity (Wildman–Crippen MR) is 46.2 cm³/mol. The first kappa shape index (κ1) is 8.22. The van der Waals surface area contributed by atoms with Crippen LogP contribution in [0.3, 0.4) is 0 Å². The Morgan fingerprint density at radius 1 is 1.62 bits per heavy atom. The smallest absolute Gasteiger partial charge is 0.273 e. The summed E-state index contributed by atoms with van der Waals surface area (Å²) < 4.78 is 0. The summed E-state index contributed by atoms with van der Waals surface area (Å²) in [5.41, 5.74) is 1.05. The molecule has 5 nitrogen and oxygen atoms in total. The lowest BCUT2D eigenvalue weighted by Crippen LogP contribution is -2.27. The standard InChI is InChI=1S/C8H12N4O/c1-4-3-6(4)9-8(13)7-5(2)10-12-11-7/h4,6H,3H2,1-2H3,(H,9,13)(H,10,11,12). The minimum absolute atomic E-state index is 0.124. The van der Waals surface area contributed by atoms with Gasteiger partial charge in [0.25, 0.3) is 5.91 Å². The maximum Gasteiger partial charge on any atom is 0.273 e. The zero-order valence-electron chi connectivity index (χ0n) is 7.66. The van der Waals surface area contributed by atoms with Crippen LogP contribution >= 0.6 is 0 Å². The van der Waals surface area contributed by atoms with Gasteiger partial charge in [0.2, 0.25) is 0 Å². The van der Waals surface area contributed by atoms with Crippen LogP contribution in [0.4, 0.5) is 0 Å². The Morgan fingerprint density at radius 3 is 2.77 bits per heavy atom. The molecule has 1 aromatic rings. The molecule has 13 heavy (non-hydrogen) atoms. The minimum Gasteiger partial charge on any atom is -0.348 e. The van der Waals surface area contributed by atoms with Crippen molar-refractivity contribution in [2.75, 3.05) is 0 Å². The average Bonchev–Trinajstić information content (AvgIpc) is 2.62. The normalized spacial score (nSPS) is 25.7. The first-order valence-electron chi connectivity index (χ1n) is 4.36. The third-order valence-corrected chi connectivity index (χ3v) is 2.36. The van der Waals surface area contributed by atoms with Gasteiger partial charge in [-0.1, -0.05) is 6.92 Å². The Hall–Kier alpha value is -1.39. The molecular weight excluding hydrogens is 168 g/mol. The second-order valence-electron chi connectivity index (χ2n) is 3.55. The van der Waals surface area contributed by atoms with Crippen molar-refractivity contribution in [3.05, 3.63) is 11.4 Å². The minimum atomic E-state index is -0.124. The van der Waals surface area contributed by atoms with Gasteiger partial charge in [-0.05, 0) is 19.3 Å². The number of aryl methyl sites for hydroxylation is 1. The van der Waals surface area contributed by atoms with Crippen molar-refractivity contribution in [1.29, 1.82) is 0 Å². The van der Waals surface area contributed by atoms with E-state index >= 15 is 0 Å². The van der Waals surface area contributed by atoms with Gasteiger partial charge in [0.15, 0.2) is 5.69 Å².